The van der Waals surface area contributed by atoms with Crippen LogP contribution in [0.1, 0.15) is 48.0 Å². The Morgan fingerprint density at radius 2 is 1.90 bits per heavy atom. The number of anilines is 1. The molecule has 11 heteroatoms. The molecule has 2 amide bonds. The Hall–Kier alpha value is -3.02. The van der Waals surface area contributed by atoms with Gasteiger partial charge in [0, 0.05) is 43.0 Å². The van der Waals surface area contributed by atoms with Gasteiger partial charge in [-0.3, -0.25) is 9.59 Å². The lowest BCUT2D eigenvalue weighted by Gasteiger charge is -2.29. The maximum absolute atomic E-state index is 13.2. The number of aromatic nitrogens is 3. The van der Waals surface area contributed by atoms with E-state index in [4.69, 9.17) is 4.98 Å². The molecule has 3 aromatic heterocycles. The van der Waals surface area contributed by atoms with Crippen molar-refractivity contribution in [1.29, 1.82) is 0 Å². The van der Waals surface area contributed by atoms with E-state index in [0.29, 0.717) is 29.8 Å². The first-order valence-electron chi connectivity index (χ1n) is 13.9. The fraction of sp³-hybridized carbons (Fsp3) is 0.571. The number of rotatable bonds is 6. The lowest BCUT2D eigenvalue weighted by atomic mass is 10.0. The number of carbonyl (C=O) groups excluding carboxylic acids is 2. The highest BCUT2D eigenvalue weighted by atomic mass is 32.1. The molecule has 0 bridgehead atoms. The largest absolute Gasteiger partial charge is 0.384 e. The lowest BCUT2D eigenvalue weighted by molar-refractivity contribution is -0.138. The monoisotopic (exact) mass is 551 g/mol. The molecule has 1 aliphatic carbocycles. The number of amides is 2. The number of fused-ring (bicyclic) bond motifs is 2. The smallest absolute Gasteiger partial charge is 0.263 e. The van der Waals surface area contributed by atoms with Gasteiger partial charge in [-0.05, 0) is 77.6 Å². The number of nitrogens with zero attached hydrogens (tertiary/aromatic N) is 4. The van der Waals surface area contributed by atoms with E-state index in [1.807, 2.05) is 30.3 Å². The fourth-order valence-electron chi connectivity index (χ4n) is 6.52. The van der Waals surface area contributed by atoms with E-state index in [1.165, 1.54) is 18.3 Å². The first-order valence-corrected chi connectivity index (χ1v) is 14.7. The third-order valence-corrected chi connectivity index (χ3v) is 9.83. The quantitative estimate of drug-likeness (QED) is 0.371. The molecule has 2 saturated heterocycles. The lowest BCUT2D eigenvalue weighted by Crippen LogP contribution is -2.43. The van der Waals surface area contributed by atoms with Crippen molar-refractivity contribution in [2.45, 2.75) is 57.7 Å². The SMILES string of the molecule is Cc1nc(-c2cnc3[nH]ccc3c2NC2C[C@@H]3CN(C(=O)[C@H](C)O)C[C@@H]3C2)sc1C(=O)NC1CCN(C)CC1. The maximum Gasteiger partial charge on any atom is 0.263 e. The Balaban J connectivity index is 1.21. The van der Waals surface area contributed by atoms with Gasteiger partial charge in [0.15, 0.2) is 0 Å². The molecule has 2 aliphatic heterocycles. The minimum Gasteiger partial charge on any atom is -0.384 e. The van der Waals surface area contributed by atoms with Gasteiger partial charge in [0.05, 0.1) is 16.9 Å². The van der Waals surface area contributed by atoms with Crippen LogP contribution in [0.25, 0.3) is 21.6 Å². The minimum atomic E-state index is -0.947. The molecular weight excluding hydrogens is 514 g/mol. The molecule has 5 heterocycles. The van der Waals surface area contributed by atoms with Crippen LogP contribution < -0.4 is 10.6 Å². The summed E-state index contributed by atoms with van der Waals surface area (Å²) in [7, 11) is 2.11. The van der Waals surface area contributed by atoms with Crippen molar-refractivity contribution in [3.8, 4) is 10.6 Å². The van der Waals surface area contributed by atoms with Gasteiger partial charge in [-0.25, -0.2) is 9.97 Å². The Labute approximate surface area is 232 Å². The third kappa shape index (κ3) is 5.15. The van der Waals surface area contributed by atoms with Gasteiger partial charge in [0.25, 0.3) is 11.8 Å². The number of aromatic amines is 1. The van der Waals surface area contributed by atoms with Crippen molar-refractivity contribution in [3.63, 3.8) is 0 Å². The average molecular weight is 552 g/mol. The van der Waals surface area contributed by atoms with E-state index in [9.17, 15) is 14.7 Å². The molecule has 4 atom stereocenters. The molecule has 1 saturated carbocycles. The maximum atomic E-state index is 13.2. The molecule has 4 N–H and O–H groups in total. The van der Waals surface area contributed by atoms with Crippen LogP contribution in [0, 0.1) is 18.8 Å². The summed E-state index contributed by atoms with van der Waals surface area (Å²) in [6.45, 7) is 6.84. The topological polar surface area (TPSA) is 126 Å². The molecule has 6 rings (SSSR count). The van der Waals surface area contributed by atoms with E-state index in [0.717, 1.165) is 71.8 Å². The van der Waals surface area contributed by atoms with Crippen LogP contribution in [-0.4, -0.2) is 93.1 Å². The summed E-state index contributed by atoms with van der Waals surface area (Å²) < 4.78 is 0. The molecular formula is C28H37N7O3S. The number of hydrogen-bond acceptors (Lipinski definition) is 8. The predicted octanol–water partition coefficient (Wildman–Crippen LogP) is 2.85. The van der Waals surface area contributed by atoms with Crippen molar-refractivity contribution < 1.29 is 14.7 Å². The van der Waals surface area contributed by atoms with E-state index in [1.54, 1.807) is 0 Å². The second-order valence-corrected chi connectivity index (χ2v) is 12.5. The predicted molar refractivity (Wildman–Crippen MR) is 152 cm³/mol. The van der Waals surface area contributed by atoms with E-state index in [2.05, 4.69) is 32.5 Å². The molecule has 39 heavy (non-hydrogen) atoms. The molecule has 0 radical (unpaired) electrons. The Bertz CT molecular complexity index is 1360. The number of carbonyl (C=O) groups is 2. The van der Waals surface area contributed by atoms with Crippen LogP contribution in [0.2, 0.25) is 0 Å². The van der Waals surface area contributed by atoms with Crippen molar-refractivity contribution in [1.82, 2.24) is 30.1 Å². The number of nitrogens with one attached hydrogen (secondary N) is 3. The van der Waals surface area contributed by atoms with Crippen molar-refractivity contribution in [3.05, 3.63) is 29.0 Å². The standard InChI is InChI=1S/C28H37N7O3S/c1-15-24(26(37)33-19-5-8-34(3)9-6-19)39-27(31-15)22-12-30-25-21(4-7-29-25)23(22)32-20-10-17-13-35(14-18(17)11-20)28(38)16(2)36/h4,7,12,16-20,36H,5-6,8-11,13-14H2,1-3H3,(H,33,37)(H2,29,30,32)/t16-,17-,18+,20?/m0/s1. The molecule has 0 aromatic carbocycles. The zero-order valence-corrected chi connectivity index (χ0v) is 23.6. The summed E-state index contributed by atoms with van der Waals surface area (Å²) in [6.07, 6.45) is 6.64. The molecule has 0 spiro atoms. The van der Waals surface area contributed by atoms with Crippen molar-refractivity contribution >= 4 is 39.9 Å². The number of H-pyrrole nitrogens is 1. The van der Waals surface area contributed by atoms with Crippen LogP contribution in [0.5, 0.6) is 0 Å². The van der Waals surface area contributed by atoms with Crippen molar-refractivity contribution in [2.75, 3.05) is 38.5 Å². The minimum absolute atomic E-state index is 0.0455. The van der Waals surface area contributed by atoms with Crippen LogP contribution >= 0.6 is 11.3 Å². The summed E-state index contributed by atoms with van der Waals surface area (Å²) >= 11 is 1.42. The van der Waals surface area contributed by atoms with Crippen LogP contribution in [0.15, 0.2) is 18.5 Å². The van der Waals surface area contributed by atoms with Gasteiger partial charge in [-0.15, -0.1) is 11.3 Å². The summed E-state index contributed by atoms with van der Waals surface area (Å²) in [6, 6.07) is 2.49. The average Bonchev–Trinajstić information content (AvgIpc) is 3.68. The van der Waals surface area contributed by atoms with E-state index >= 15 is 0 Å². The Kier molecular flexibility index (Phi) is 7.07. The normalized spacial score (nSPS) is 24.7. The van der Waals surface area contributed by atoms with Gasteiger partial charge in [0.2, 0.25) is 0 Å². The number of aliphatic hydroxyl groups excluding tert-OH is 1. The second-order valence-electron chi connectivity index (χ2n) is 11.5. The molecule has 1 unspecified atom stereocenters. The Morgan fingerprint density at radius 1 is 1.18 bits per heavy atom. The summed E-state index contributed by atoms with van der Waals surface area (Å²) in [5.41, 5.74) is 3.43. The summed E-state index contributed by atoms with van der Waals surface area (Å²) in [5, 5.41) is 18.5. The number of aryl methyl sites for hydroxylation is 1. The molecule has 208 valence electrons. The molecule has 10 nitrogen and oxygen atoms in total. The second kappa shape index (κ2) is 10.5. The van der Waals surface area contributed by atoms with Gasteiger partial charge >= 0.3 is 0 Å². The van der Waals surface area contributed by atoms with Crippen molar-refractivity contribution in [2.24, 2.45) is 11.8 Å². The molecule has 3 aromatic rings. The van der Waals surface area contributed by atoms with Crippen LogP contribution in [-0.2, 0) is 4.79 Å². The molecule has 3 fully saturated rings. The highest BCUT2D eigenvalue weighted by Gasteiger charge is 2.43. The number of piperidine rings is 1. The summed E-state index contributed by atoms with van der Waals surface area (Å²) in [5.74, 6) is 0.633. The Morgan fingerprint density at radius 3 is 2.59 bits per heavy atom. The highest BCUT2D eigenvalue weighted by molar-refractivity contribution is 7.17. The third-order valence-electron chi connectivity index (χ3n) is 8.64. The fourth-order valence-corrected chi connectivity index (χ4v) is 7.50. The van der Waals surface area contributed by atoms with Gasteiger partial charge in [-0.1, -0.05) is 0 Å². The first kappa shape index (κ1) is 26.2. The van der Waals surface area contributed by atoms with Gasteiger partial charge in [0.1, 0.15) is 21.6 Å². The van der Waals surface area contributed by atoms with Crippen LogP contribution in [0.4, 0.5) is 5.69 Å². The zero-order valence-electron chi connectivity index (χ0n) is 22.7. The zero-order chi connectivity index (χ0) is 27.3. The number of pyridine rings is 1. The number of likely N-dealkylation sites (tertiary alicyclic amines) is 2. The van der Waals surface area contributed by atoms with Gasteiger partial charge < -0.3 is 30.5 Å². The van der Waals surface area contributed by atoms with E-state index < -0.39 is 6.10 Å². The first-order chi connectivity index (χ1) is 18.8. The number of thiazole rings is 1. The molecule has 3 aliphatic rings. The van der Waals surface area contributed by atoms with Gasteiger partial charge in [-0.2, -0.15) is 0 Å². The van der Waals surface area contributed by atoms with Crippen LogP contribution in [0.3, 0.4) is 0 Å². The summed E-state index contributed by atoms with van der Waals surface area (Å²) in [4.78, 5) is 42.9. The number of hydrogen-bond donors (Lipinski definition) is 4. The number of aliphatic hydroxyl groups is 1. The van der Waals surface area contributed by atoms with E-state index in [-0.39, 0.29) is 23.9 Å². The highest BCUT2D eigenvalue weighted by Crippen LogP contribution is 2.42.